The van der Waals surface area contributed by atoms with Gasteiger partial charge in [-0.15, -0.1) is 0 Å². The third-order valence-corrected chi connectivity index (χ3v) is 4.24. The molecule has 0 spiro atoms. The molecule has 0 saturated heterocycles. The molecule has 0 rings (SSSR count). The van der Waals surface area contributed by atoms with E-state index in [-0.39, 0.29) is 25.4 Å². The maximum Gasteiger partial charge on any atom is 0.313 e. The Kier molecular flexibility index (Phi) is 22.5. The average molecular weight is 392 g/mol. The summed E-state index contributed by atoms with van der Waals surface area (Å²) in [7, 11) is 0. The van der Waals surface area contributed by atoms with Crippen LogP contribution < -0.4 is 0 Å². The van der Waals surface area contributed by atoms with E-state index in [4.69, 9.17) is 0 Å². The summed E-state index contributed by atoms with van der Waals surface area (Å²) in [5.74, 6) is -0.886. The van der Waals surface area contributed by atoms with Gasteiger partial charge >= 0.3 is 11.9 Å². The van der Waals surface area contributed by atoms with E-state index in [0.717, 1.165) is 12.8 Å². The molecule has 138 valence electrons. The van der Waals surface area contributed by atoms with Crippen molar-refractivity contribution in [2.75, 3.05) is 0 Å². The zero-order valence-electron chi connectivity index (χ0n) is 16.2. The summed E-state index contributed by atoms with van der Waals surface area (Å²) in [5, 5.41) is 0. The summed E-state index contributed by atoms with van der Waals surface area (Å²) < 4.78 is 4.49. The largest absolute Gasteiger partial charge is 0.393 e. The van der Waals surface area contributed by atoms with Gasteiger partial charge < -0.3 is 4.74 Å². The zero-order valence-corrected chi connectivity index (χ0v) is 19.2. The summed E-state index contributed by atoms with van der Waals surface area (Å²) in [6, 6.07) is 0. The zero-order chi connectivity index (χ0) is 17.2. The summed E-state index contributed by atoms with van der Waals surface area (Å²) in [6.07, 6.45) is 20.0. The smallest absolute Gasteiger partial charge is 0.313 e. The van der Waals surface area contributed by atoms with Crippen LogP contribution in [0.1, 0.15) is 117 Å². The number of unbranched alkanes of at least 4 members (excludes halogenated alkanes) is 14. The Balaban J connectivity index is 0. The number of hydrogen-bond donors (Lipinski definition) is 0. The molecule has 0 saturated carbocycles. The first-order valence-electron chi connectivity index (χ1n) is 9.88. The van der Waals surface area contributed by atoms with Gasteiger partial charge in [-0.05, 0) is 6.42 Å². The summed E-state index contributed by atoms with van der Waals surface area (Å²) in [4.78, 5) is 21.7. The second-order valence-electron chi connectivity index (χ2n) is 6.67. The fourth-order valence-electron chi connectivity index (χ4n) is 2.85. The topological polar surface area (TPSA) is 43.4 Å². The van der Waals surface area contributed by atoms with E-state index in [2.05, 4.69) is 11.7 Å². The van der Waals surface area contributed by atoms with E-state index in [9.17, 15) is 9.59 Å². The van der Waals surface area contributed by atoms with Crippen molar-refractivity contribution in [1.29, 1.82) is 0 Å². The van der Waals surface area contributed by atoms with Crippen molar-refractivity contribution in [2.24, 2.45) is 0 Å². The van der Waals surface area contributed by atoms with Gasteiger partial charge in [0.2, 0.25) is 0 Å². The second kappa shape index (κ2) is 20.8. The standard InChI is InChI=1S/C20H38O3.Zn/c1-3-4-5-6-7-8-9-10-11-12-13-14-15-16-17-18-20(22)23-19(2)21;/h3-18H2,1-2H3;. The first-order valence-corrected chi connectivity index (χ1v) is 9.88. The van der Waals surface area contributed by atoms with E-state index in [0.29, 0.717) is 6.42 Å². The fraction of sp³-hybridized carbons (Fsp3) is 0.900. The van der Waals surface area contributed by atoms with Gasteiger partial charge in [-0.1, -0.05) is 96.8 Å². The Morgan fingerprint density at radius 2 is 0.958 bits per heavy atom. The monoisotopic (exact) mass is 390 g/mol. The van der Waals surface area contributed by atoms with Gasteiger partial charge in [-0.3, -0.25) is 9.59 Å². The molecule has 0 aromatic carbocycles. The number of ether oxygens (including phenoxy) is 1. The van der Waals surface area contributed by atoms with Gasteiger partial charge in [0, 0.05) is 32.8 Å². The molecule has 4 heteroatoms. The van der Waals surface area contributed by atoms with Crippen LogP contribution in [0.5, 0.6) is 0 Å². The summed E-state index contributed by atoms with van der Waals surface area (Å²) >= 11 is 0. The molecule has 0 aliphatic carbocycles. The number of esters is 2. The van der Waals surface area contributed by atoms with Crippen LogP contribution in [-0.4, -0.2) is 11.9 Å². The maximum atomic E-state index is 11.1. The van der Waals surface area contributed by atoms with Crippen LogP contribution >= 0.6 is 0 Å². The number of rotatable bonds is 16. The van der Waals surface area contributed by atoms with Crippen LogP contribution in [0.2, 0.25) is 0 Å². The Labute approximate surface area is 162 Å². The van der Waals surface area contributed by atoms with Crippen LogP contribution in [0.15, 0.2) is 0 Å². The third kappa shape index (κ3) is 21.8. The van der Waals surface area contributed by atoms with Gasteiger partial charge in [-0.25, -0.2) is 0 Å². The minimum atomic E-state index is -0.504. The minimum absolute atomic E-state index is 0. The molecule has 0 fully saturated rings. The van der Waals surface area contributed by atoms with E-state index >= 15 is 0 Å². The maximum absolute atomic E-state index is 11.1. The number of hydrogen-bond acceptors (Lipinski definition) is 3. The minimum Gasteiger partial charge on any atom is -0.393 e. The molecule has 0 aliphatic heterocycles. The van der Waals surface area contributed by atoms with Crippen molar-refractivity contribution in [2.45, 2.75) is 117 Å². The quantitative estimate of drug-likeness (QED) is 0.133. The van der Waals surface area contributed by atoms with Crippen molar-refractivity contribution >= 4 is 11.9 Å². The van der Waals surface area contributed by atoms with Crippen LogP contribution in [0, 0.1) is 0 Å². The predicted octanol–water partition coefficient (Wildman–Crippen LogP) is 6.34. The first-order chi connectivity index (χ1) is 11.2. The van der Waals surface area contributed by atoms with Gasteiger partial charge in [0.25, 0.3) is 0 Å². The Hall–Kier alpha value is -0.237. The van der Waals surface area contributed by atoms with Crippen LogP contribution in [0.4, 0.5) is 0 Å². The summed E-state index contributed by atoms with van der Waals surface area (Å²) in [6.45, 7) is 3.53. The van der Waals surface area contributed by atoms with E-state index in [1.807, 2.05) is 0 Å². The molecule has 0 aromatic rings. The number of carbonyl (C=O) groups is 2. The molecule has 3 nitrogen and oxygen atoms in total. The normalized spacial score (nSPS) is 10.2. The van der Waals surface area contributed by atoms with Crippen molar-refractivity contribution in [3.63, 3.8) is 0 Å². The van der Waals surface area contributed by atoms with E-state index < -0.39 is 5.97 Å². The molecule has 0 bridgehead atoms. The van der Waals surface area contributed by atoms with Gasteiger partial charge in [0.1, 0.15) is 0 Å². The molecule has 0 N–H and O–H groups in total. The van der Waals surface area contributed by atoms with Crippen molar-refractivity contribution in [3.05, 3.63) is 0 Å². The third-order valence-electron chi connectivity index (χ3n) is 4.24. The van der Waals surface area contributed by atoms with Crippen molar-refractivity contribution in [3.8, 4) is 0 Å². The second-order valence-corrected chi connectivity index (χ2v) is 6.67. The van der Waals surface area contributed by atoms with Gasteiger partial charge in [0.15, 0.2) is 0 Å². The Morgan fingerprint density at radius 1 is 0.625 bits per heavy atom. The van der Waals surface area contributed by atoms with Crippen LogP contribution in [0.3, 0.4) is 0 Å². The molecular weight excluding hydrogens is 354 g/mol. The van der Waals surface area contributed by atoms with Gasteiger partial charge in [0.05, 0.1) is 0 Å². The average Bonchev–Trinajstić information content (AvgIpc) is 2.50. The molecule has 0 atom stereocenters. The van der Waals surface area contributed by atoms with Gasteiger partial charge in [-0.2, -0.15) is 0 Å². The first kappa shape index (κ1) is 26.0. The van der Waals surface area contributed by atoms with Crippen LogP contribution in [0.25, 0.3) is 0 Å². The number of carbonyl (C=O) groups excluding carboxylic acids is 2. The molecule has 0 radical (unpaired) electrons. The fourth-order valence-corrected chi connectivity index (χ4v) is 2.85. The van der Waals surface area contributed by atoms with Crippen molar-refractivity contribution in [1.82, 2.24) is 0 Å². The molecular formula is C20H38O3Zn. The Morgan fingerprint density at radius 3 is 1.29 bits per heavy atom. The molecule has 0 aliphatic rings. The van der Waals surface area contributed by atoms with E-state index in [1.54, 1.807) is 0 Å². The van der Waals surface area contributed by atoms with Crippen molar-refractivity contribution < 1.29 is 33.8 Å². The molecule has 0 amide bonds. The Bertz CT molecular complexity index is 293. The predicted molar refractivity (Wildman–Crippen MR) is 96.3 cm³/mol. The molecule has 24 heavy (non-hydrogen) atoms. The summed E-state index contributed by atoms with van der Waals surface area (Å²) in [5.41, 5.74) is 0. The SMILES string of the molecule is CCCCCCCCCCCCCCCCCC(=O)OC(C)=O.[Zn]. The molecule has 0 heterocycles. The van der Waals surface area contributed by atoms with Crippen LogP contribution in [-0.2, 0) is 33.8 Å². The van der Waals surface area contributed by atoms with E-state index in [1.165, 1.54) is 90.4 Å². The molecule has 0 unspecified atom stereocenters. The molecule has 0 aromatic heterocycles.